The first-order valence-corrected chi connectivity index (χ1v) is 10.4. The fourth-order valence-electron chi connectivity index (χ4n) is 3.70. The van der Waals surface area contributed by atoms with Gasteiger partial charge < -0.3 is 10.7 Å². The molecule has 27 heavy (non-hydrogen) atoms. The van der Waals surface area contributed by atoms with E-state index in [4.69, 9.17) is 5.73 Å². The molecule has 1 aliphatic rings. The van der Waals surface area contributed by atoms with Crippen LogP contribution in [0.4, 0.5) is 4.39 Å². The summed E-state index contributed by atoms with van der Waals surface area (Å²) >= 11 is 0. The molecule has 1 aliphatic heterocycles. The predicted molar refractivity (Wildman–Crippen MR) is 101 cm³/mol. The SMILES string of the molecule is NC(=O)c1cc(-c2ccc(F)nc2)cc2c(C3CCS(=O)(=O)CC3)c[nH]c12. The van der Waals surface area contributed by atoms with E-state index in [2.05, 4.69) is 9.97 Å². The van der Waals surface area contributed by atoms with E-state index in [1.165, 1.54) is 12.3 Å². The van der Waals surface area contributed by atoms with E-state index in [0.29, 0.717) is 35.0 Å². The number of benzene rings is 1. The highest BCUT2D eigenvalue weighted by Crippen LogP contribution is 2.37. The first-order valence-electron chi connectivity index (χ1n) is 8.61. The average Bonchev–Trinajstić information content (AvgIpc) is 3.05. The van der Waals surface area contributed by atoms with Crippen molar-refractivity contribution in [1.82, 2.24) is 9.97 Å². The number of sulfone groups is 1. The molecule has 0 unspecified atom stereocenters. The Bertz CT molecular complexity index is 1120. The Morgan fingerprint density at radius 2 is 1.93 bits per heavy atom. The van der Waals surface area contributed by atoms with Crippen LogP contribution in [0.2, 0.25) is 0 Å². The molecular formula is C19H18FN3O3S. The fourth-order valence-corrected chi connectivity index (χ4v) is 5.19. The van der Waals surface area contributed by atoms with Crippen molar-refractivity contribution in [3.63, 3.8) is 0 Å². The molecule has 4 rings (SSSR count). The lowest BCUT2D eigenvalue weighted by atomic mass is 9.91. The molecule has 140 valence electrons. The van der Waals surface area contributed by atoms with Crippen molar-refractivity contribution in [2.24, 2.45) is 5.73 Å². The zero-order valence-corrected chi connectivity index (χ0v) is 15.2. The number of fused-ring (bicyclic) bond motifs is 1. The van der Waals surface area contributed by atoms with E-state index < -0.39 is 21.7 Å². The molecule has 6 nitrogen and oxygen atoms in total. The van der Waals surface area contributed by atoms with E-state index in [-0.39, 0.29) is 17.4 Å². The van der Waals surface area contributed by atoms with Crippen LogP contribution in [0.3, 0.4) is 0 Å². The van der Waals surface area contributed by atoms with Gasteiger partial charge in [-0.3, -0.25) is 4.79 Å². The van der Waals surface area contributed by atoms with Crippen LogP contribution >= 0.6 is 0 Å². The maximum atomic E-state index is 13.1. The topological polar surface area (TPSA) is 106 Å². The molecule has 0 radical (unpaired) electrons. The Hall–Kier alpha value is -2.74. The first kappa shape index (κ1) is 17.7. The summed E-state index contributed by atoms with van der Waals surface area (Å²) in [5.74, 6) is -0.745. The Morgan fingerprint density at radius 3 is 2.56 bits per heavy atom. The van der Waals surface area contributed by atoms with E-state index >= 15 is 0 Å². The molecule has 3 heterocycles. The van der Waals surface area contributed by atoms with Crippen molar-refractivity contribution >= 4 is 26.6 Å². The van der Waals surface area contributed by atoms with Crippen molar-refractivity contribution in [3.05, 3.63) is 53.7 Å². The second-order valence-electron chi connectivity index (χ2n) is 6.85. The zero-order valence-electron chi connectivity index (χ0n) is 14.4. The van der Waals surface area contributed by atoms with Gasteiger partial charge in [-0.1, -0.05) is 0 Å². The second-order valence-corrected chi connectivity index (χ2v) is 9.15. The molecule has 0 bridgehead atoms. The van der Waals surface area contributed by atoms with E-state index in [9.17, 15) is 17.6 Å². The molecule has 0 atom stereocenters. The number of nitrogens with one attached hydrogen (secondary N) is 1. The number of H-pyrrole nitrogens is 1. The van der Waals surface area contributed by atoms with Gasteiger partial charge in [-0.25, -0.2) is 13.4 Å². The van der Waals surface area contributed by atoms with Crippen molar-refractivity contribution in [2.45, 2.75) is 18.8 Å². The zero-order chi connectivity index (χ0) is 19.2. The van der Waals surface area contributed by atoms with Crippen molar-refractivity contribution in [1.29, 1.82) is 0 Å². The molecule has 8 heteroatoms. The molecule has 1 amide bonds. The van der Waals surface area contributed by atoms with Crippen molar-refractivity contribution < 1.29 is 17.6 Å². The average molecular weight is 387 g/mol. The highest BCUT2D eigenvalue weighted by atomic mass is 32.2. The largest absolute Gasteiger partial charge is 0.366 e. The third-order valence-electron chi connectivity index (χ3n) is 5.14. The minimum absolute atomic E-state index is 0.0876. The summed E-state index contributed by atoms with van der Waals surface area (Å²) in [4.78, 5) is 18.8. The standard InChI is InChI=1S/C19H18FN3O3S/c20-17-2-1-12(9-22-17)13-7-14-16(11-3-5-27(25,26)6-4-11)10-23-18(14)15(8-13)19(21)24/h1-2,7-11,23H,3-6H2,(H2,21,24). The van der Waals surface area contributed by atoms with E-state index in [1.54, 1.807) is 12.1 Å². The summed E-state index contributed by atoms with van der Waals surface area (Å²) in [6, 6.07) is 6.41. The maximum Gasteiger partial charge on any atom is 0.250 e. The Morgan fingerprint density at radius 1 is 1.19 bits per heavy atom. The van der Waals surface area contributed by atoms with Crippen molar-refractivity contribution in [2.75, 3.05) is 11.5 Å². The maximum absolute atomic E-state index is 13.1. The van der Waals surface area contributed by atoms with Crippen LogP contribution in [-0.2, 0) is 9.84 Å². The van der Waals surface area contributed by atoms with Gasteiger partial charge in [0.2, 0.25) is 5.95 Å². The minimum atomic E-state index is -2.96. The molecule has 1 fully saturated rings. The number of aromatic nitrogens is 2. The number of hydrogen-bond acceptors (Lipinski definition) is 4. The number of aromatic amines is 1. The normalized spacial score (nSPS) is 17.2. The summed E-state index contributed by atoms with van der Waals surface area (Å²) in [6.45, 7) is 0. The van der Waals surface area contributed by atoms with Gasteiger partial charge in [-0.2, -0.15) is 4.39 Å². The Kier molecular flexibility index (Phi) is 4.22. The number of nitrogens with zero attached hydrogens (tertiary/aromatic N) is 1. The molecule has 0 aliphatic carbocycles. The molecule has 0 saturated carbocycles. The van der Waals surface area contributed by atoms with Gasteiger partial charge >= 0.3 is 0 Å². The van der Waals surface area contributed by atoms with E-state index in [0.717, 1.165) is 10.9 Å². The van der Waals surface area contributed by atoms with Gasteiger partial charge in [0.1, 0.15) is 9.84 Å². The molecule has 2 aromatic heterocycles. The highest BCUT2D eigenvalue weighted by molar-refractivity contribution is 7.91. The van der Waals surface area contributed by atoms with Crippen LogP contribution < -0.4 is 5.73 Å². The smallest absolute Gasteiger partial charge is 0.250 e. The fraction of sp³-hybridized carbons (Fsp3) is 0.263. The predicted octanol–water partition coefficient (Wildman–Crippen LogP) is 2.76. The molecule has 1 aromatic carbocycles. The summed E-state index contributed by atoms with van der Waals surface area (Å²) < 4.78 is 36.6. The first-order chi connectivity index (χ1) is 12.8. The van der Waals surface area contributed by atoms with Crippen LogP contribution in [-0.4, -0.2) is 35.8 Å². The third kappa shape index (κ3) is 3.32. The van der Waals surface area contributed by atoms with Crippen LogP contribution in [0.1, 0.15) is 34.7 Å². The third-order valence-corrected chi connectivity index (χ3v) is 6.86. The lowest BCUT2D eigenvalue weighted by Gasteiger charge is -2.21. The number of primary amides is 1. The lowest BCUT2D eigenvalue weighted by molar-refractivity contribution is 0.100. The summed E-state index contributed by atoms with van der Waals surface area (Å²) in [5, 5.41) is 0.829. The van der Waals surface area contributed by atoms with Gasteiger partial charge in [-0.15, -0.1) is 0 Å². The number of carbonyl (C=O) groups excluding carboxylic acids is 1. The lowest BCUT2D eigenvalue weighted by Crippen LogP contribution is -2.22. The minimum Gasteiger partial charge on any atom is -0.366 e. The second kappa shape index (κ2) is 6.45. The number of nitrogens with two attached hydrogens (primary N) is 1. The van der Waals surface area contributed by atoms with E-state index in [1.807, 2.05) is 12.3 Å². The monoisotopic (exact) mass is 387 g/mol. The Balaban J connectivity index is 1.85. The molecule has 1 saturated heterocycles. The molecule has 0 spiro atoms. The van der Waals surface area contributed by atoms with Crippen LogP contribution in [0.25, 0.3) is 22.0 Å². The number of halogens is 1. The number of carbonyl (C=O) groups is 1. The van der Waals surface area contributed by atoms with Gasteiger partial charge in [0.15, 0.2) is 0 Å². The van der Waals surface area contributed by atoms with Gasteiger partial charge in [0.25, 0.3) is 5.91 Å². The summed E-state index contributed by atoms with van der Waals surface area (Å²) in [5.41, 5.74) is 8.86. The highest BCUT2D eigenvalue weighted by Gasteiger charge is 2.27. The Labute approximate surface area is 155 Å². The quantitative estimate of drug-likeness (QED) is 0.674. The van der Waals surface area contributed by atoms with Crippen LogP contribution in [0, 0.1) is 5.95 Å². The number of amides is 1. The van der Waals surface area contributed by atoms with Crippen molar-refractivity contribution in [3.8, 4) is 11.1 Å². The molecule has 3 aromatic rings. The summed E-state index contributed by atoms with van der Waals surface area (Å²) in [7, 11) is -2.96. The number of pyridine rings is 1. The van der Waals surface area contributed by atoms with Crippen LogP contribution in [0.5, 0.6) is 0 Å². The summed E-state index contributed by atoms with van der Waals surface area (Å²) in [6.07, 6.45) is 4.32. The number of rotatable bonds is 3. The van der Waals surface area contributed by atoms with Crippen LogP contribution in [0.15, 0.2) is 36.7 Å². The van der Waals surface area contributed by atoms with Gasteiger partial charge in [-0.05, 0) is 54.2 Å². The van der Waals surface area contributed by atoms with Gasteiger partial charge in [0, 0.05) is 23.3 Å². The van der Waals surface area contributed by atoms with Gasteiger partial charge in [0.05, 0.1) is 22.6 Å². The molecular weight excluding hydrogens is 369 g/mol. The number of hydrogen-bond donors (Lipinski definition) is 2. The molecule has 3 N–H and O–H groups in total.